The zero-order chi connectivity index (χ0) is 19.3. The van der Waals surface area contributed by atoms with Gasteiger partial charge in [-0.25, -0.2) is 0 Å². The third-order valence-electron chi connectivity index (χ3n) is 3.84. The summed E-state index contributed by atoms with van der Waals surface area (Å²) in [4.78, 5) is 37.3. The van der Waals surface area contributed by atoms with E-state index in [0.717, 1.165) is 6.08 Å². The Balaban J connectivity index is 2.10. The molecule has 1 heterocycles. The lowest BCUT2D eigenvalue weighted by Crippen LogP contribution is -2.48. The molecule has 1 atom stereocenters. The van der Waals surface area contributed by atoms with Crippen LogP contribution < -0.4 is 10.6 Å². The van der Waals surface area contributed by atoms with E-state index in [9.17, 15) is 27.6 Å². The molecule has 3 amide bonds. The highest BCUT2D eigenvalue weighted by atomic mass is 19.4. The Morgan fingerprint density at radius 1 is 1.31 bits per heavy atom. The van der Waals surface area contributed by atoms with Gasteiger partial charge in [-0.3, -0.25) is 14.4 Å². The molecule has 1 aromatic rings. The van der Waals surface area contributed by atoms with Gasteiger partial charge in [0.2, 0.25) is 11.8 Å². The highest BCUT2D eigenvalue weighted by molar-refractivity contribution is 6.01. The highest BCUT2D eigenvalue weighted by Crippen LogP contribution is 2.22. The van der Waals surface area contributed by atoms with Crippen LogP contribution in [-0.4, -0.2) is 47.9 Å². The van der Waals surface area contributed by atoms with Gasteiger partial charge in [0.05, 0.1) is 0 Å². The molecule has 0 saturated carbocycles. The average Bonchev–Trinajstić information content (AvgIpc) is 3.08. The molecule has 1 aliphatic rings. The number of alkyl halides is 3. The predicted octanol–water partition coefficient (Wildman–Crippen LogP) is 2.09. The largest absolute Gasteiger partial charge is 0.405 e. The molecule has 26 heavy (non-hydrogen) atoms. The number of rotatable bonds is 5. The van der Waals surface area contributed by atoms with Crippen molar-refractivity contribution in [3.05, 3.63) is 42.5 Å². The first-order valence-electron chi connectivity index (χ1n) is 7.90. The van der Waals surface area contributed by atoms with E-state index in [0.29, 0.717) is 18.5 Å². The van der Waals surface area contributed by atoms with Crippen molar-refractivity contribution in [1.82, 2.24) is 10.2 Å². The summed E-state index contributed by atoms with van der Waals surface area (Å²) >= 11 is 0. The Morgan fingerprint density at radius 2 is 2.04 bits per heavy atom. The van der Waals surface area contributed by atoms with Crippen molar-refractivity contribution in [3.8, 4) is 0 Å². The first kappa shape index (κ1) is 19.5. The second kappa shape index (κ2) is 8.03. The quantitative estimate of drug-likeness (QED) is 0.781. The molecule has 1 aliphatic heterocycles. The number of carbonyl (C=O) groups excluding carboxylic acids is 3. The fraction of sp³-hybridized carbons (Fsp3) is 0.353. The normalized spacial score (nSPS) is 16.9. The van der Waals surface area contributed by atoms with Crippen LogP contribution in [0.4, 0.5) is 18.9 Å². The molecular formula is C17H18F3N3O3. The van der Waals surface area contributed by atoms with Crippen LogP contribution in [0, 0.1) is 0 Å². The fourth-order valence-electron chi connectivity index (χ4n) is 2.68. The molecule has 1 aromatic carbocycles. The average molecular weight is 369 g/mol. The van der Waals surface area contributed by atoms with Gasteiger partial charge in [0.1, 0.15) is 12.6 Å². The van der Waals surface area contributed by atoms with E-state index in [-0.39, 0.29) is 12.1 Å². The van der Waals surface area contributed by atoms with Crippen LogP contribution >= 0.6 is 0 Å². The molecule has 0 radical (unpaired) electrons. The number of hydrogen-bond acceptors (Lipinski definition) is 3. The van der Waals surface area contributed by atoms with E-state index in [4.69, 9.17) is 0 Å². The molecule has 140 valence electrons. The summed E-state index contributed by atoms with van der Waals surface area (Å²) in [5.41, 5.74) is 0.598. The lowest BCUT2D eigenvalue weighted by atomic mass is 10.1. The topological polar surface area (TPSA) is 78.5 Å². The molecule has 6 nitrogen and oxygen atoms in total. The van der Waals surface area contributed by atoms with Crippen molar-refractivity contribution in [1.29, 1.82) is 0 Å². The van der Waals surface area contributed by atoms with Crippen molar-refractivity contribution < 1.29 is 27.6 Å². The highest BCUT2D eigenvalue weighted by Gasteiger charge is 2.36. The Bertz CT molecular complexity index is 719. The van der Waals surface area contributed by atoms with Crippen LogP contribution in [0.25, 0.3) is 0 Å². The number of likely N-dealkylation sites (tertiary alicyclic amines) is 1. The summed E-state index contributed by atoms with van der Waals surface area (Å²) in [6, 6.07) is 5.13. The first-order chi connectivity index (χ1) is 12.2. The van der Waals surface area contributed by atoms with Crippen LogP contribution in [0.1, 0.15) is 23.2 Å². The minimum Gasteiger partial charge on any atom is -0.345 e. The summed E-state index contributed by atoms with van der Waals surface area (Å²) in [6.45, 7) is 2.16. The van der Waals surface area contributed by atoms with Gasteiger partial charge in [-0.15, -0.1) is 0 Å². The summed E-state index contributed by atoms with van der Waals surface area (Å²) in [6.07, 6.45) is -2.62. The van der Waals surface area contributed by atoms with E-state index in [1.807, 2.05) is 5.32 Å². The second-order valence-corrected chi connectivity index (χ2v) is 5.76. The summed E-state index contributed by atoms with van der Waals surface area (Å²) < 4.78 is 36.8. The lowest BCUT2D eigenvalue weighted by Gasteiger charge is -2.24. The monoisotopic (exact) mass is 369 g/mol. The van der Waals surface area contributed by atoms with Crippen molar-refractivity contribution in [2.75, 3.05) is 18.4 Å². The molecule has 2 rings (SSSR count). The van der Waals surface area contributed by atoms with Crippen molar-refractivity contribution in [2.24, 2.45) is 0 Å². The number of benzene rings is 1. The maximum absolute atomic E-state index is 12.7. The minimum atomic E-state index is -4.51. The number of nitrogens with zero attached hydrogens (tertiary/aromatic N) is 1. The first-order valence-corrected chi connectivity index (χ1v) is 7.90. The maximum Gasteiger partial charge on any atom is 0.405 e. The zero-order valence-electron chi connectivity index (χ0n) is 13.8. The van der Waals surface area contributed by atoms with Crippen LogP contribution in [0.3, 0.4) is 0 Å². The van der Waals surface area contributed by atoms with Gasteiger partial charge in [0.15, 0.2) is 0 Å². The zero-order valence-corrected chi connectivity index (χ0v) is 13.8. The van der Waals surface area contributed by atoms with E-state index in [1.54, 1.807) is 12.1 Å². The number of anilines is 1. The Kier molecular flexibility index (Phi) is 6.01. The van der Waals surface area contributed by atoms with E-state index < -0.39 is 36.5 Å². The Morgan fingerprint density at radius 3 is 2.69 bits per heavy atom. The van der Waals surface area contributed by atoms with Crippen molar-refractivity contribution >= 4 is 23.4 Å². The molecule has 0 aromatic heterocycles. The number of nitrogens with one attached hydrogen (secondary N) is 2. The van der Waals surface area contributed by atoms with Crippen LogP contribution in [-0.2, 0) is 9.59 Å². The van der Waals surface area contributed by atoms with Gasteiger partial charge in [-0.05, 0) is 37.1 Å². The number of amides is 3. The van der Waals surface area contributed by atoms with Gasteiger partial charge in [0.25, 0.3) is 5.91 Å². The molecule has 2 N–H and O–H groups in total. The van der Waals surface area contributed by atoms with E-state index in [1.165, 1.54) is 17.0 Å². The molecule has 0 spiro atoms. The summed E-state index contributed by atoms with van der Waals surface area (Å²) in [5.74, 6) is -1.76. The van der Waals surface area contributed by atoms with Gasteiger partial charge in [-0.1, -0.05) is 12.6 Å². The lowest BCUT2D eigenvalue weighted by molar-refractivity contribution is -0.140. The predicted molar refractivity (Wildman–Crippen MR) is 88.4 cm³/mol. The van der Waals surface area contributed by atoms with E-state index >= 15 is 0 Å². The van der Waals surface area contributed by atoms with Crippen molar-refractivity contribution in [2.45, 2.75) is 25.1 Å². The number of halogens is 3. The maximum atomic E-state index is 12.7. The van der Waals surface area contributed by atoms with Gasteiger partial charge in [-0.2, -0.15) is 13.2 Å². The SMILES string of the molecule is C=CC(=O)Nc1cccc(C(=O)N2CCCC2C(=O)NCC(F)(F)F)c1. The molecule has 1 unspecified atom stereocenters. The number of carbonyl (C=O) groups is 3. The van der Waals surface area contributed by atoms with Gasteiger partial charge in [0, 0.05) is 17.8 Å². The van der Waals surface area contributed by atoms with E-state index in [2.05, 4.69) is 11.9 Å². The van der Waals surface area contributed by atoms with Crippen molar-refractivity contribution in [3.63, 3.8) is 0 Å². The van der Waals surface area contributed by atoms with Gasteiger partial charge >= 0.3 is 6.18 Å². The van der Waals surface area contributed by atoms with Crippen LogP contribution in [0.15, 0.2) is 36.9 Å². The smallest absolute Gasteiger partial charge is 0.345 e. The Labute approximate surface area is 148 Å². The fourth-order valence-corrected chi connectivity index (χ4v) is 2.68. The standard InChI is InChI=1S/C17H18F3N3O3/c1-2-14(24)22-12-6-3-5-11(9-12)16(26)23-8-4-7-13(23)15(25)21-10-17(18,19)20/h2-3,5-6,9,13H,1,4,7-8,10H2,(H,21,25)(H,22,24). The molecule has 1 saturated heterocycles. The molecule has 0 bridgehead atoms. The molecule has 9 heteroatoms. The summed E-state index contributed by atoms with van der Waals surface area (Å²) in [5, 5.41) is 4.34. The Hall–Kier alpha value is -2.84. The third-order valence-corrected chi connectivity index (χ3v) is 3.84. The summed E-state index contributed by atoms with van der Waals surface area (Å²) in [7, 11) is 0. The number of hydrogen-bond donors (Lipinski definition) is 2. The van der Waals surface area contributed by atoms with Crippen LogP contribution in [0.2, 0.25) is 0 Å². The molecular weight excluding hydrogens is 351 g/mol. The third kappa shape index (κ3) is 5.08. The van der Waals surface area contributed by atoms with Gasteiger partial charge < -0.3 is 15.5 Å². The minimum absolute atomic E-state index is 0.224. The molecule has 1 fully saturated rings. The second-order valence-electron chi connectivity index (χ2n) is 5.76. The molecule has 0 aliphatic carbocycles. The van der Waals surface area contributed by atoms with Crippen LogP contribution in [0.5, 0.6) is 0 Å².